The molecule has 1 aliphatic heterocycles. The first-order valence-corrected chi connectivity index (χ1v) is 9.04. The first-order valence-electron chi connectivity index (χ1n) is 9.04. The van der Waals surface area contributed by atoms with E-state index in [0.29, 0.717) is 18.5 Å². The van der Waals surface area contributed by atoms with Gasteiger partial charge in [-0.3, -0.25) is 9.59 Å². The van der Waals surface area contributed by atoms with Gasteiger partial charge in [0.05, 0.1) is 6.04 Å². The van der Waals surface area contributed by atoms with Crippen LogP contribution in [0.4, 0.5) is 0 Å². The Morgan fingerprint density at radius 1 is 1.22 bits per heavy atom. The second kappa shape index (κ2) is 7.66. The summed E-state index contributed by atoms with van der Waals surface area (Å²) in [5.41, 5.74) is 3.70. The van der Waals surface area contributed by atoms with E-state index >= 15 is 0 Å². The Balaban J connectivity index is 1.78. The molecule has 0 radical (unpaired) electrons. The molecule has 2 aromatic rings. The quantitative estimate of drug-likeness (QED) is 0.818. The van der Waals surface area contributed by atoms with Crippen molar-refractivity contribution in [2.45, 2.75) is 38.9 Å². The minimum absolute atomic E-state index is 0.0181. The number of phenolic OH excluding ortho intramolecular Hbond substituents is 1. The number of hydrogen-bond acceptors (Lipinski definition) is 3. The number of nitrogens with one attached hydrogen (secondary N) is 1. The van der Waals surface area contributed by atoms with Crippen LogP contribution in [0.25, 0.3) is 0 Å². The lowest BCUT2D eigenvalue weighted by atomic mass is 9.88. The van der Waals surface area contributed by atoms with Gasteiger partial charge < -0.3 is 15.3 Å². The summed E-state index contributed by atoms with van der Waals surface area (Å²) in [5, 5.41) is 12.4. The molecule has 3 rings (SSSR count). The van der Waals surface area contributed by atoms with Crippen LogP contribution in [0.15, 0.2) is 55.1 Å². The highest BCUT2D eigenvalue weighted by molar-refractivity contribution is 5.95. The lowest BCUT2D eigenvalue weighted by Gasteiger charge is -2.40. The first kappa shape index (κ1) is 18.7. The molecule has 5 nitrogen and oxygen atoms in total. The number of phenols is 1. The fraction of sp³-hybridized carbons (Fsp3) is 0.273. The van der Waals surface area contributed by atoms with Crippen LogP contribution in [0.3, 0.4) is 0 Å². The number of amides is 2. The van der Waals surface area contributed by atoms with E-state index in [-0.39, 0.29) is 29.6 Å². The normalized spacial score (nSPS) is 18.5. The maximum absolute atomic E-state index is 13.1. The van der Waals surface area contributed by atoms with E-state index in [1.54, 1.807) is 24.3 Å². The number of carbonyl (C=O) groups is 2. The average molecular weight is 364 g/mol. The van der Waals surface area contributed by atoms with Gasteiger partial charge in [-0.25, -0.2) is 0 Å². The van der Waals surface area contributed by atoms with Crippen molar-refractivity contribution in [1.82, 2.24) is 10.2 Å². The zero-order chi connectivity index (χ0) is 19.6. The molecule has 0 aliphatic carbocycles. The second-order valence-corrected chi connectivity index (χ2v) is 6.94. The predicted octanol–water partition coefficient (Wildman–Crippen LogP) is 3.34. The van der Waals surface area contributed by atoms with Crippen molar-refractivity contribution >= 4 is 11.8 Å². The van der Waals surface area contributed by atoms with Gasteiger partial charge in [0, 0.05) is 18.2 Å². The van der Waals surface area contributed by atoms with Crippen LogP contribution in [0.2, 0.25) is 0 Å². The van der Waals surface area contributed by atoms with Gasteiger partial charge in [-0.1, -0.05) is 24.8 Å². The maximum Gasteiger partial charge on any atom is 0.254 e. The molecule has 27 heavy (non-hydrogen) atoms. The van der Waals surface area contributed by atoms with Crippen molar-refractivity contribution in [3.05, 3.63) is 77.4 Å². The molecule has 0 saturated heterocycles. The summed E-state index contributed by atoms with van der Waals surface area (Å²) < 4.78 is 0. The van der Waals surface area contributed by atoms with E-state index in [1.807, 2.05) is 36.9 Å². The smallest absolute Gasteiger partial charge is 0.254 e. The van der Waals surface area contributed by atoms with Crippen LogP contribution >= 0.6 is 0 Å². The minimum atomic E-state index is -0.226. The Kier molecular flexibility index (Phi) is 5.31. The fourth-order valence-electron chi connectivity index (χ4n) is 3.68. The van der Waals surface area contributed by atoms with E-state index in [4.69, 9.17) is 0 Å². The van der Waals surface area contributed by atoms with Crippen LogP contribution < -0.4 is 5.32 Å². The molecule has 0 saturated carbocycles. The highest BCUT2D eigenvalue weighted by Gasteiger charge is 2.33. The van der Waals surface area contributed by atoms with Crippen LogP contribution in [-0.2, 0) is 17.8 Å². The molecule has 2 amide bonds. The predicted molar refractivity (Wildman–Crippen MR) is 104 cm³/mol. The topological polar surface area (TPSA) is 69.6 Å². The lowest BCUT2D eigenvalue weighted by molar-refractivity contribution is -0.116. The number of hydrogen-bond donors (Lipinski definition) is 2. The molecule has 0 aromatic heterocycles. The minimum Gasteiger partial charge on any atom is -0.508 e. The number of rotatable bonds is 4. The van der Waals surface area contributed by atoms with Gasteiger partial charge in [-0.15, -0.1) is 0 Å². The van der Waals surface area contributed by atoms with Gasteiger partial charge >= 0.3 is 0 Å². The van der Waals surface area contributed by atoms with Gasteiger partial charge in [0.25, 0.3) is 5.91 Å². The molecule has 2 unspecified atom stereocenters. The molecule has 1 heterocycles. The van der Waals surface area contributed by atoms with E-state index < -0.39 is 0 Å². The first-order chi connectivity index (χ1) is 12.9. The molecule has 2 aromatic carbocycles. The molecule has 0 fully saturated rings. The molecule has 2 atom stereocenters. The van der Waals surface area contributed by atoms with Crippen molar-refractivity contribution < 1.29 is 14.7 Å². The van der Waals surface area contributed by atoms with Gasteiger partial charge in [0.2, 0.25) is 5.91 Å². The summed E-state index contributed by atoms with van der Waals surface area (Å²) in [7, 11) is 0. The average Bonchev–Trinajstić information content (AvgIpc) is 2.66. The molecule has 140 valence electrons. The van der Waals surface area contributed by atoms with E-state index in [1.165, 1.54) is 6.08 Å². The third kappa shape index (κ3) is 3.87. The molecule has 5 heteroatoms. The van der Waals surface area contributed by atoms with Crippen molar-refractivity contribution in [3.63, 3.8) is 0 Å². The number of fused-ring (bicyclic) bond motifs is 1. The van der Waals surface area contributed by atoms with Gasteiger partial charge in [-0.05, 0) is 67.3 Å². The monoisotopic (exact) mass is 364 g/mol. The number of benzene rings is 2. The van der Waals surface area contributed by atoms with Crippen molar-refractivity contribution in [2.75, 3.05) is 0 Å². The summed E-state index contributed by atoms with van der Waals surface area (Å²) in [4.78, 5) is 26.3. The van der Waals surface area contributed by atoms with Crippen LogP contribution in [0, 0.1) is 0 Å². The second-order valence-electron chi connectivity index (χ2n) is 6.94. The maximum atomic E-state index is 13.1. The lowest BCUT2D eigenvalue weighted by Crippen LogP contribution is -2.45. The van der Waals surface area contributed by atoms with E-state index in [2.05, 4.69) is 11.9 Å². The third-order valence-corrected chi connectivity index (χ3v) is 5.07. The Hall–Kier alpha value is -3.08. The van der Waals surface area contributed by atoms with E-state index in [0.717, 1.165) is 16.7 Å². The number of carbonyl (C=O) groups excluding carboxylic acids is 2. The fourth-order valence-corrected chi connectivity index (χ4v) is 3.68. The molecular weight excluding hydrogens is 340 g/mol. The Bertz CT molecular complexity index is 874. The Morgan fingerprint density at radius 2 is 1.93 bits per heavy atom. The molecular formula is C22H24N2O3. The number of nitrogens with zero attached hydrogens (tertiary/aromatic N) is 1. The Labute approximate surface area is 159 Å². The molecule has 0 bridgehead atoms. The van der Waals surface area contributed by atoms with Crippen molar-refractivity contribution in [3.8, 4) is 5.75 Å². The van der Waals surface area contributed by atoms with Gasteiger partial charge in [0.15, 0.2) is 0 Å². The highest BCUT2D eigenvalue weighted by Crippen LogP contribution is 2.35. The highest BCUT2D eigenvalue weighted by atomic mass is 16.3. The number of aromatic hydroxyl groups is 1. The molecule has 1 aliphatic rings. The van der Waals surface area contributed by atoms with Gasteiger partial charge in [0.1, 0.15) is 5.75 Å². The van der Waals surface area contributed by atoms with Crippen LogP contribution in [0.1, 0.15) is 46.9 Å². The summed E-state index contributed by atoms with van der Waals surface area (Å²) in [6.45, 7) is 7.86. The summed E-state index contributed by atoms with van der Waals surface area (Å²) >= 11 is 0. The van der Waals surface area contributed by atoms with Crippen LogP contribution in [-0.4, -0.2) is 27.9 Å². The van der Waals surface area contributed by atoms with Gasteiger partial charge in [-0.2, -0.15) is 0 Å². The zero-order valence-corrected chi connectivity index (χ0v) is 15.6. The summed E-state index contributed by atoms with van der Waals surface area (Å²) in [6, 6.07) is 12.6. The van der Waals surface area contributed by atoms with Crippen molar-refractivity contribution in [1.29, 1.82) is 0 Å². The summed E-state index contributed by atoms with van der Waals surface area (Å²) in [6.07, 6.45) is 1.94. The van der Waals surface area contributed by atoms with Crippen molar-refractivity contribution in [2.24, 2.45) is 0 Å². The standard InChI is InChI=1S/C22H24N2O3/c1-4-21(26)23-13-16-5-7-17(8-6-16)22(27)24-14(2)11-18-12-19(25)9-10-20(18)15(24)3/h4-10,12,14-15,25H,1,11,13H2,2-3H3,(H,23,26). The molecule has 2 N–H and O–H groups in total. The zero-order valence-electron chi connectivity index (χ0n) is 15.6. The SMILES string of the molecule is C=CC(=O)NCc1ccc(C(=O)N2C(C)Cc3cc(O)ccc3C2C)cc1. The third-order valence-electron chi connectivity index (χ3n) is 5.07. The van der Waals surface area contributed by atoms with E-state index in [9.17, 15) is 14.7 Å². The van der Waals surface area contributed by atoms with Crippen LogP contribution in [0.5, 0.6) is 5.75 Å². The largest absolute Gasteiger partial charge is 0.508 e. The molecule has 0 spiro atoms. The summed E-state index contributed by atoms with van der Waals surface area (Å²) in [5.74, 6) is 0.0123. The Morgan fingerprint density at radius 3 is 2.59 bits per heavy atom.